The Morgan fingerprint density at radius 3 is 2.50 bits per heavy atom. The van der Waals surface area contributed by atoms with E-state index in [9.17, 15) is 13.2 Å². The summed E-state index contributed by atoms with van der Waals surface area (Å²) in [5, 5.41) is 7.32. The van der Waals surface area contributed by atoms with Gasteiger partial charge >= 0.3 is 0 Å². The van der Waals surface area contributed by atoms with E-state index in [-0.39, 0.29) is 10.9 Å². The van der Waals surface area contributed by atoms with Gasteiger partial charge in [-0.25, -0.2) is 8.42 Å². The van der Waals surface area contributed by atoms with Crippen molar-refractivity contribution in [2.45, 2.75) is 10.9 Å². The molecule has 3 aromatic rings. The quantitative estimate of drug-likeness (QED) is 0.698. The van der Waals surface area contributed by atoms with E-state index in [4.69, 9.17) is 10.5 Å². The van der Waals surface area contributed by atoms with Gasteiger partial charge in [-0.15, -0.1) is 10.2 Å². The standard InChI is InChI=1S/C17H16N4O4S/c1-25-15-5-3-2-4-14(15)21-11-19-20-17(21)26(23,24)10-12-6-8-13(9-7-12)16(18)22/h2-9,11H,10H2,1H3,(H2,18,22). The lowest BCUT2D eigenvalue weighted by Crippen LogP contribution is -2.13. The van der Waals surface area contributed by atoms with Gasteiger partial charge in [0.25, 0.3) is 5.16 Å². The minimum Gasteiger partial charge on any atom is -0.495 e. The molecule has 0 fully saturated rings. The Morgan fingerprint density at radius 2 is 1.85 bits per heavy atom. The maximum Gasteiger partial charge on any atom is 0.254 e. The second kappa shape index (κ2) is 6.96. The molecule has 9 heteroatoms. The number of aromatic nitrogens is 3. The van der Waals surface area contributed by atoms with Crippen molar-refractivity contribution in [2.24, 2.45) is 5.73 Å². The number of sulfone groups is 1. The van der Waals surface area contributed by atoms with Crippen LogP contribution in [0.5, 0.6) is 5.75 Å². The van der Waals surface area contributed by atoms with E-state index in [1.807, 2.05) is 0 Å². The zero-order chi connectivity index (χ0) is 18.7. The summed E-state index contributed by atoms with van der Waals surface area (Å²) in [4.78, 5) is 11.1. The molecule has 8 nitrogen and oxygen atoms in total. The topological polar surface area (TPSA) is 117 Å². The van der Waals surface area contributed by atoms with Crippen molar-refractivity contribution in [3.05, 3.63) is 66.0 Å². The predicted octanol–water partition coefficient (Wildman–Crippen LogP) is 1.35. The molecule has 2 aromatic carbocycles. The monoisotopic (exact) mass is 372 g/mol. The van der Waals surface area contributed by atoms with Gasteiger partial charge in [0.05, 0.1) is 18.6 Å². The van der Waals surface area contributed by atoms with Gasteiger partial charge in [-0.3, -0.25) is 9.36 Å². The second-order valence-corrected chi connectivity index (χ2v) is 7.36. The molecule has 1 heterocycles. The highest BCUT2D eigenvalue weighted by Gasteiger charge is 2.24. The fourth-order valence-electron chi connectivity index (χ4n) is 2.48. The first kappa shape index (κ1) is 17.6. The van der Waals surface area contributed by atoms with Crippen molar-refractivity contribution in [3.63, 3.8) is 0 Å². The molecular formula is C17H16N4O4S. The van der Waals surface area contributed by atoms with E-state index in [0.717, 1.165) is 0 Å². The number of primary amides is 1. The van der Waals surface area contributed by atoms with Crippen molar-refractivity contribution < 1.29 is 17.9 Å². The van der Waals surface area contributed by atoms with E-state index in [0.29, 0.717) is 22.6 Å². The smallest absolute Gasteiger partial charge is 0.254 e. The summed E-state index contributed by atoms with van der Waals surface area (Å²) in [6.07, 6.45) is 1.32. The third kappa shape index (κ3) is 3.42. The first-order valence-corrected chi connectivity index (χ1v) is 9.22. The van der Waals surface area contributed by atoms with Crippen LogP contribution in [0.1, 0.15) is 15.9 Å². The molecule has 1 amide bonds. The van der Waals surface area contributed by atoms with E-state index in [1.54, 1.807) is 36.4 Å². The van der Waals surface area contributed by atoms with Crippen LogP contribution in [-0.2, 0) is 15.6 Å². The van der Waals surface area contributed by atoms with Crippen molar-refractivity contribution >= 4 is 15.7 Å². The Bertz CT molecular complexity index is 1040. The van der Waals surface area contributed by atoms with Gasteiger partial charge in [0.1, 0.15) is 12.1 Å². The number of carbonyl (C=O) groups is 1. The van der Waals surface area contributed by atoms with Crippen molar-refractivity contribution in [3.8, 4) is 11.4 Å². The van der Waals surface area contributed by atoms with Gasteiger partial charge in [-0.05, 0) is 29.8 Å². The summed E-state index contributed by atoms with van der Waals surface area (Å²) < 4.78 is 32.3. The maximum absolute atomic E-state index is 12.8. The number of methoxy groups -OCH3 is 1. The van der Waals surface area contributed by atoms with E-state index in [1.165, 1.54) is 30.1 Å². The number of hydrogen-bond donors (Lipinski definition) is 1. The van der Waals surface area contributed by atoms with E-state index >= 15 is 0 Å². The number of carbonyl (C=O) groups excluding carboxylic acids is 1. The van der Waals surface area contributed by atoms with Crippen LogP contribution in [0.3, 0.4) is 0 Å². The first-order chi connectivity index (χ1) is 12.4. The number of ether oxygens (including phenoxy) is 1. The van der Waals surface area contributed by atoms with Crippen LogP contribution in [0.15, 0.2) is 60.0 Å². The molecule has 0 saturated heterocycles. The van der Waals surface area contributed by atoms with Gasteiger partial charge in [0.2, 0.25) is 15.7 Å². The summed E-state index contributed by atoms with van der Waals surface area (Å²) in [5.41, 5.74) is 6.52. The Hall–Kier alpha value is -3.20. The summed E-state index contributed by atoms with van der Waals surface area (Å²) in [6.45, 7) is 0. The fourth-order valence-corrected chi connectivity index (χ4v) is 3.86. The third-order valence-electron chi connectivity index (χ3n) is 3.73. The Balaban J connectivity index is 1.96. The fraction of sp³-hybridized carbons (Fsp3) is 0.118. The maximum atomic E-state index is 12.8. The molecule has 3 rings (SSSR count). The van der Waals surface area contributed by atoms with Crippen LogP contribution >= 0.6 is 0 Å². The zero-order valence-corrected chi connectivity index (χ0v) is 14.7. The number of nitrogens with zero attached hydrogens (tertiary/aromatic N) is 3. The first-order valence-electron chi connectivity index (χ1n) is 7.57. The summed E-state index contributed by atoms with van der Waals surface area (Å²) in [5.74, 6) is -0.371. The van der Waals surface area contributed by atoms with Crippen molar-refractivity contribution in [1.29, 1.82) is 0 Å². The van der Waals surface area contributed by atoms with Crippen LogP contribution < -0.4 is 10.5 Å². The van der Waals surface area contributed by atoms with E-state index < -0.39 is 15.7 Å². The van der Waals surface area contributed by atoms with E-state index in [2.05, 4.69) is 10.2 Å². The second-order valence-electron chi connectivity index (χ2n) is 5.48. The van der Waals surface area contributed by atoms with Gasteiger partial charge in [0, 0.05) is 5.56 Å². The Kier molecular flexibility index (Phi) is 4.72. The number of benzene rings is 2. The summed E-state index contributed by atoms with van der Waals surface area (Å²) in [6, 6.07) is 13.0. The van der Waals surface area contributed by atoms with Crippen LogP contribution in [0.2, 0.25) is 0 Å². The number of nitrogens with two attached hydrogens (primary N) is 1. The van der Waals surface area contributed by atoms with Gasteiger partial charge in [-0.2, -0.15) is 0 Å². The average molecular weight is 372 g/mol. The lowest BCUT2D eigenvalue weighted by atomic mass is 10.1. The third-order valence-corrected chi connectivity index (χ3v) is 5.28. The summed E-state index contributed by atoms with van der Waals surface area (Å²) in [7, 11) is -2.29. The molecule has 0 spiro atoms. The summed E-state index contributed by atoms with van der Waals surface area (Å²) >= 11 is 0. The highest BCUT2D eigenvalue weighted by atomic mass is 32.2. The molecule has 0 aliphatic heterocycles. The molecule has 0 unspecified atom stereocenters. The molecule has 134 valence electrons. The molecule has 0 aliphatic rings. The Labute approximate surface area is 150 Å². The highest BCUT2D eigenvalue weighted by molar-refractivity contribution is 7.90. The van der Waals surface area contributed by atoms with Crippen LogP contribution in [0.25, 0.3) is 5.69 Å². The molecule has 0 radical (unpaired) electrons. The molecule has 0 aliphatic carbocycles. The van der Waals surface area contributed by atoms with Crippen LogP contribution in [0, 0.1) is 0 Å². The minimum absolute atomic E-state index is 0.194. The molecule has 2 N–H and O–H groups in total. The van der Waals surface area contributed by atoms with Gasteiger partial charge < -0.3 is 10.5 Å². The lowest BCUT2D eigenvalue weighted by molar-refractivity contribution is 0.100. The van der Waals surface area contributed by atoms with Crippen molar-refractivity contribution in [1.82, 2.24) is 14.8 Å². The number of hydrogen-bond acceptors (Lipinski definition) is 6. The lowest BCUT2D eigenvalue weighted by Gasteiger charge is -2.11. The molecule has 1 aromatic heterocycles. The number of amides is 1. The average Bonchev–Trinajstić information content (AvgIpc) is 3.12. The van der Waals surface area contributed by atoms with Crippen molar-refractivity contribution in [2.75, 3.05) is 7.11 Å². The molecular weight excluding hydrogens is 356 g/mol. The number of rotatable bonds is 6. The highest BCUT2D eigenvalue weighted by Crippen LogP contribution is 2.25. The minimum atomic E-state index is -3.79. The zero-order valence-electron chi connectivity index (χ0n) is 13.9. The SMILES string of the molecule is COc1ccccc1-n1cnnc1S(=O)(=O)Cc1ccc(C(N)=O)cc1. The number of para-hydroxylation sites is 2. The van der Waals surface area contributed by atoms with Gasteiger partial charge in [0.15, 0.2) is 0 Å². The molecule has 0 atom stereocenters. The molecule has 26 heavy (non-hydrogen) atoms. The molecule has 0 saturated carbocycles. The molecule has 0 bridgehead atoms. The Morgan fingerprint density at radius 1 is 1.15 bits per heavy atom. The van der Waals surface area contributed by atoms with Crippen LogP contribution in [-0.4, -0.2) is 36.2 Å². The normalized spacial score (nSPS) is 11.3. The largest absolute Gasteiger partial charge is 0.495 e. The van der Waals surface area contributed by atoms with Gasteiger partial charge in [-0.1, -0.05) is 24.3 Å². The predicted molar refractivity (Wildman–Crippen MR) is 93.8 cm³/mol. The van der Waals surface area contributed by atoms with Crippen LogP contribution in [0.4, 0.5) is 0 Å².